The van der Waals surface area contributed by atoms with Crippen molar-refractivity contribution in [2.45, 2.75) is 32.2 Å². The number of hydrogen-bond acceptors (Lipinski definition) is 6. The van der Waals surface area contributed by atoms with Crippen LogP contribution < -0.4 is 15.4 Å². The van der Waals surface area contributed by atoms with Crippen LogP contribution in [0.15, 0.2) is 23.3 Å². The number of nitrogens with one attached hydrogen (secondary N) is 2. The number of rotatable bonds is 9. The Morgan fingerprint density at radius 3 is 2.96 bits per heavy atom. The molecular weight excluding hydrogens is 318 g/mol. The molecule has 0 radical (unpaired) electrons. The fourth-order valence-corrected chi connectivity index (χ4v) is 3.09. The normalized spacial score (nSPS) is 18.1. The van der Waals surface area contributed by atoms with E-state index in [0.29, 0.717) is 19.0 Å². The van der Waals surface area contributed by atoms with E-state index in [2.05, 4.69) is 31.6 Å². The van der Waals surface area contributed by atoms with E-state index in [-0.39, 0.29) is 12.5 Å². The van der Waals surface area contributed by atoms with Gasteiger partial charge in [0, 0.05) is 18.8 Å². The number of ether oxygens (including phenoxy) is 1. The molecule has 7 heteroatoms. The quantitative estimate of drug-likeness (QED) is 0.652. The maximum atomic E-state index is 11.0. The number of pyridine rings is 1. The van der Waals surface area contributed by atoms with Gasteiger partial charge in [-0.1, -0.05) is 6.42 Å². The molecule has 2 aliphatic rings. The van der Waals surface area contributed by atoms with Crippen LogP contribution in [0, 0.1) is 0 Å². The van der Waals surface area contributed by atoms with Gasteiger partial charge in [0.25, 0.3) is 0 Å². The molecule has 0 spiro atoms. The molecule has 0 bridgehead atoms. The third-order valence-electron chi connectivity index (χ3n) is 4.39. The zero-order chi connectivity index (χ0) is 17.3. The number of nitrogens with zero attached hydrogens (tertiary/aromatic N) is 3. The summed E-state index contributed by atoms with van der Waals surface area (Å²) < 4.78 is 5.76. The van der Waals surface area contributed by atoms with Crippen molar-refractivity contribution in [2.24, 2.45) is 4.99 Å². The lowest BCUT2D eigenvalue weighted by molar-refractivity contribution is -0.117. The van der Waals surface area contributed by atoms with Gasteiger partial charge in [0.1, 0.15) is 12.4 Å². The number of piperidine rings is 1. The average Bonchev–Trinajstić information content (AvgIpc) is 3.04. The Morgan fingerprint density at radius 1 is 1.28 bits per heavy atom. The van der Waals surface area contributed by atoms with E-state index in [1.165, 1.54) is 37.9 Å². The van der Waals surface area contributed by atoms with Crippen LogP contribution in [-0.2, 0) is 11.3 Å². The van der Waals surface area contributed by atoms with Crippen molar-refractivity contribution in [3.8, 4) is 5.88 Å². The lowest BCUT2D eigenvalue weighted by Gasteiger charge is -2.26. The minimum absolute atomic E-state index is 0.0318. The molecule has 1 fully saturated rings. The van der Waals surface area contributed by atoms with Crippen LogP contribution in [0.2, 0.25) is 0 Å². The molecular formula is C18H27N5O2. The highest BCUT2D eigenvalue weighted by atomic mass is 16.5. The Hall–Kier alpha value is -1.99. The highest BCUT2D eigenvalue weighted by Crippen LogP contribution is 2.15. The van der Waals surface area contributed by atoms with Crippen LogP contribution in [0.25, 0.3) is 0 Å². The van der Waals surface area contributed by atoms with E-state index in [9.17, 15) is 4.79 Å². The number of amides is 1. The number of amidine groups is 1. The van der Waals surface area contributed by atoms with Crippen LogP contribution in [-0.4, -0.2) is 61.0 Å². The predicted octanol–water partition coefficient (Wildman–Crippen LogP) is 0.954. The van der Waals surface area contributed by atoms with Gasteiger partial charge in [0.05, 0.1) is 13.2 Å². The summed E-state index contributed by atoms with van der Waals surface area (Å²) >= 11 is 0. The topological polar surface area (TPSA) is 78.8 Å². The molecule has 0 aliphatic carbocycles. The number of carbonyl (C=O) groups is 1. The van der Waals surface area contributed by atoms with Crippen LogP contribution in [0.1, 0.15) is 31.2 Å². The zero-order valence-electron chi connectivity index (χ0n) is 14.7. The highest BCUT2D eigenvalue weighted by molar-refractivity contribution is 6.04. The van der Waals surface area contributed by atoms with Crippen molar-refractivity contribution in [1.29, 1.82) is 0 Å². The molecule has 0 aromatic carbocycles. The molecule has 7 nitrogen and oxygen atoms in total. The third kappa shape index (κ3) is 6.10. The van der Waals surface area contributed by atoms with Crippen LogP contribution >= 0.6 is 0 Å². The molecule has 0 atom stereocenters. The number of aliphatic imine (C=N–C) groups is 1. The van der Waals surface area contributed by atoms with Gasteiger partial charge in [0.15, 0.2) is 0 Å². The Balaban J connectivity index is 1.31. The predicted molar refractivity (Wildman–Crippen MR) is 96.8 cm³/mol. The molecule has 1 saturated heterocycles. The third-order valence-corrected chi connectivity index (χ3v) is 4.39. The van der Waals surface area contributed by atoms with Crippen molar-refractivity contribution in [2.75, 3.05) is 39.3 Å². The van der Waals surface area contributed by atoms with Gasteiger partial charge in [-0.2, -0.15) is 0 Å². The molecule has 3 heterocycles. The van der Waals surface area contributed by atoms with Gasteiger partial charge in [-0.05, 0) is 50.5 Å². The standard InChI is InChI=1S/C18H27N5O2/c24-17-13-21-16(22-17)12-19-6-4-10-25-18-11-15(5-7-20-18)14-23-8-2-1-3-9-23/h5,7,11,19H,1-4,6,8-10,12-14H2,(H,21,22,24). The second kappa shape index (κ2) is 9.48. The van der Waals surface area contributed by atoms with Gasteiger partial charge < -0.3 is 15.4 Å². The second-order valence-electron chi connectivity index (χ2n) is 6.53. The fourth-order valence-electron chi connectivity index (χ4n) is 3.09. The summed E-state index contributed by atoms with van der Waals surface area (Å²) in [6, 6.07) is 4.12. The Morgan fingerprint density at radius 2 is 2.16 bits per heavy atom. The molecule has 0 unspecified atom stereocenters. The van der Waals surface area contributed by atoms with Crippen molar-refractivity contribution in [1.82, 2.24) is 20.5 Å². The van der Waals surface area contributed by atoms with Gasteiger partial charge in [-0.3, -0.25) is 14.7 Å². The average molecular weight is 345 g/mol. The zero-order valence-corrected chi connectivity index (χ0v) is 14.7. The Labute approximate surface area is 148 Å². The van der Waals surface area contributed by atoms with E-state index in [4.69, 9.17) is 4.74 Å². The molecule has 1 aromatic rings. The summed E-state index contributed by atoms with van der Waals surface area (Å²) in [6.45, 7) is 5.63. The smallest absolute Gasteiger partial charge is 0.247 e. The summed E-state index contributed by atoms with van der Waals surface area (Å²) in [5.74, 6) is 1.38. The van der Waals surface area contributed by atoms with E-state index in [1.54, 1.807) is 0 Å². The summed E-state index contributed by atoms with van der Waals surface area (Å²) in [4.78, 5) is 21.9. The van der Waals surface area contributed by atoms with E-state index < -0.39 is 0 Å². The highest BCUT2D eigenvalue weighted by Gasteiger charge is 2.12. The maximum Gasteiger partial charge on any atom is 0.247 e. The molecule has 136 valence electrons. The van der Waals surface area contributed by atoms with Crippen LogP contribution in [0.4, 0.5) is 0 Å². The van der Waals surface area contributed by atoms with E-state index >= 15 is 0 Å². The monoisotopic (exact) mass is 345 g/mol. The lowest BCUT2D eigenvalue weighted by atomic mass is 10.1. The molecule has 0 saturated carbocycles. The molecule has 1 aromatic heterocycles. The summed E-state index contributed by atoms with van der Waals surface area (Å²) in [7, 11) is 0. The number of aromatic nitrogens is 1. The van der Waals surface area contributed by atoms with Gasteiger partial charge in [-0.25, -0.2) is 4.98 Å². The second-order valence-corrected chi connectivity index (χ2v) is 6.53. The fraction of sp³-hybridized carbons (Fsp3) is 0.611. The minimum Gasteiger partial charge on any atom is -0.478 e. The summed E-state index contributed by atoms with van der Waals surface area (Å²) in [5, 5.41) is 5.96. The van der Waals surface area contributed by atoms with Crippen molar-refractivity contribution >= 4 is 11.7 Å². The molecule has 3 rings (SSSR count). The first-order chi connectivity index (χ1) is 12.3. The molecule has 25 heavy (non-hydrogen) atoms. The Bertz CT molecular complexity index is 599. The minimum atomic E-state index is -0.0318. The number of carbonyl (C=O) groups excluding carboxylic acids is 1. The van der Waals surface area contributed by atoms with Crippen LogP contribution in [0.3, 0.4) is 0 Å². The van der Waals surface area contributed by atoms with Crippen LogP contribution in [0.5, 0.6) is 5.88 Å². The number of hydrogen-bond donors (Lipinski definition) is 2. The lowest BCUT2D eigenvalue weighted by Crippen LogP contribution is -2.34. The Kier molecular flexibility index (Phi) is 6.76. The largest absolute Gasteiger partial charge is 0.478 e. The summed E-state index contributed by atoms with van der Waals surface area (Å²) in [6.07, 6.45) is 6.66. The van der Waals surface area contributed by atoms with Gasteiger partial charge in [-0.15, -0.1) is 0 Å². The summed E-state index contributed by atoms with van der Waals surface area (Å²) in [5.41, 5.74) is 1.26. The first-order valence-electron chi connectivity index (χ1n) is 9.13. The molecule has 2 N–H and O–H groups in total. The molecule has 2 aliphatic heterocycles. The van der Waals surface area contributed by atoms with Gasteiger partial charge >= 0.3 is 0 Å². The first-order valence-corrected chi connectivity index (χ1v) is 9.13. The first kappa shape index (κ1) is 17.8. The van der Waals surface area contributed by atoms with Gasteiger partial charge in [0.2, 0.25) is 11.8 Å². The van der Waals surface area contributed by atoms with Crippen molar-refractivity contribution in [3.63, 3.8) is 0 Å². The van der Waals surface area contributed by atoms with E-state index in [1.807, 2.05) is 12.3 Å². The van der Waals surface area contributed by atoms with Crippen molar-refractivity contribution < 1.29 is 9.53 Å². The molecule has 1 amide bonds. The maximum absolute atomic E-state index is 11.0. The van der Waals surface area contributed by atoms with Crippen molar-refractivity contribution in [3.05, 3.63) is 23.9 Å². The van der Waals surface area contributed by atoms with E-state index in [0.717, 1.165) is 25.3 Å². The SMILES string of the molecule is O=C1CN=C(CNCCCOc2cc(CN3CCCCC3)ccn2)N1. The number of likely N-dealkylation sites (tertiary alicyclic amines) is 1.